The molecule has 21 heavy (non-hydrogen) atoms. The van der Waals surface area contributed by atoms with Crippen molar-refractivity contribution in [3.05, 3.63) is 0 Å². The van der Waals surface area contributed by atoms with Gasteiger partial charge in [-0.1, -0.05) is 38.5 Å². The molecular formula is C15H22I2N2O2. The molecule has 0 unspecified atom stereocenters. The minimum absolute atomic E-state index is 0.248. The largest absolute Gasteiger partial charge is 0.315 e. The summed E-state index contributed by atoms with van der Waals surface area (Å²) in [6, 6.07) is 0.496. The van der Waals surface area contributed by atoms with Crippen LogP contribution in [0, 0.1) is 0 Å². The van der Waals surface area contributed by atoms with E-state index in [0.717, 1.165) is 25.7 Å². The lowest BCUT2D eigenvalue weighted by Crippen LogP contribution is -2.52. The molecular weight excluding hydrogens is 494 g/mol. The summed E-state index contributed by atoms with van der Waals surface area (Å²) in [5.41, 5.74) is 0. The van der Waals surface area contributed by atoms with Crippen LogP contribution in [0.3, 0.4) is 0 Å². The van der Waals surface area contributed by atoms with E-state index in [2.05, 4.69) is 45.2 Å². The molecule has 118 valence electrons. The lowest BCUT2D eigenvalue weighted by molar-refractivity contribution is -0.145. The van der Waals surface area contributed by atoms with Gasteiger partial charge in [-0.2, -0.15) is 0 Å². The van der Waals surface area contributed by atoms with Crippen molar-refractivity contribution >= 4 is 57.0 Å². The van der Waals surface area contributed by atoms with Crippen LogP contribution in [0.25, 0.3) is 0 Å². The highest BCUT2D eigenvalue weighted by Gasteiger charge is 2.57. The van der Waals surface area contributed by atoms with Crippen molar-refractivity contribution in [2.75, 3.05) is 0 Å². The van der Waals surface area contributed by atoms with Crippen LogP contribution in [0.15, 0.2) is 0 Å². The number of hydrogen-bond acceptors (Lipinski definition) is 2. The second kappa shape index (κ2) is 6.49. The minimum Gasteiger partial charge on any atom is -0.291 e. The van der Waals surface area contributed by atoms with Gasteiger partial charge in [0.05, 0.1) is 0 Å². The lowest BCUT2D eigenvalue weighted by atomic mass is 9.94. The van der Waals surface area contributed by atoms with E-state index in [1.54, 1.807) is 0 Å². The molecule has 0 spiro atoms. The predicted octanol–water partition coefficient (Wildman–Crippen LogP) is 3.80. The molecule has 2 aliphatic carbocycles. The molecule has 0 bridgehead atoms. The Kier molecular flexibility index (Phi) is 5.03. The first-order valence-corrected chi connectivity index (χ1v) is 10.2. The number of rotatable bonds is 2. The maximum absolute atomic E-state index is 12.6. The summed E-state index contributed by atoms with van der Waals surface area (Å²) in [6.07, 6.45) is 11.4. The topological polar surface area (TPSA) is 40.6 Å². The molecule has 1 heterocycles. The quantitative estimate of drug-likeness (QED) is 0.243. The van der Waals surface area contributed by atoms with Crippen molar-refractivity contribution in [3.8, 4) is 0 Å². The van der Waals surface area contributed by atoms with Crippen LogP contribution in [0.5, 0.6) is 0 Å². The highest BCUT2D eigenvalue weighted by Crippen LogP contribution is 2.47. The van der Waals surface area contributed by atoms with Gasteiger partial charge in [0.2, 0.25) is 1.68 Å². The summed E-state index contributed by atoms with van der Waals surface area (Å²) in [5, 5.41) is 0. The van der Waals surface area contributed by atoms with Gasteiger partial charge in [0.25, 0.3) is 0 Å². The number of nitrogens with zero attached hydrogens (tertiary/aromatic N) is 2. The Hall–Kier alpha value is 0.400. The zero-order valence-electron chi connectivity index (χ0n) is 12.2. The summed E-state index contributed by atoms with van der Waals surface area (Å²) >= 11 is 4.64. The zero-order chi connectivity index (χ0) is 15.0. The van der Waals surface area contributed by atoms with Gasteiger partial charge < -0.3 is 0 Å². The van der Waals surface area contributed by atoms with Crippen LogP contribution in [0.2, 0.25) is 0 Å². The third-order valence-electron chi connectivity index (χ3n) is 5.08. The van der Waals surface area contributed by atoms with Crippen molar-refractivity contribution in [1.29, 1.82) is 0 Å². The van der Waals surface area contributed by atoms with Gasteiger partial charge in [-0.05, 0) is 70.9 Å². The SMILES string of the molecule is O=C1C(=O)N(C2CCCCC2)C(I)(I)N1C1CCCCC1. The van der Waals surface area contributed by atoms with E-state index >= 15 is 0 Å². The van der Waals surface area contributed by atoms with Gasteiger partial charge in [0.1, 0.15) is 0 Å². The monoisotopic (exact) mass is 516 g/mol. The number of hydrogen-bond donors (Lipinski definition) is 0. The molecule has 3 fully saturated rings. The van der Waals surface area contributed by atoms with E-state index in [1.807, 2.05) is 9.80 Å². The van der Waals surface area contributed by atoms with Crippen molar-refractivity contribution < 1.29 is 9.59 Å². The Morgan fingerprint density at radius 1 is 0.714 bits per heavy atom. The zero-order valence-corrected chi connectivity index (χ0v) is 16.5. The lowest BCUT2D eigenvalue weighted by Gasteiger charge is -2.43. The highest BCUT2D eigenvalue weighted by molar-refractivity contribution is 14.2. The van der Waals surface area contributed by atoms with Crippen molar-refractivity contribution in [2.24, 2.45) is 0 Å². The van der Waals surface area contributed by atoms with E-state index < -0.39 is 1.68 Å². The molecule has 2 saturated carbocycles. The average Bonchev–Trinajstić information content (AvgIpc) is 2.66. The first-order chi connectivity index (χ1) is 10.0. The predicted molar refractivity (Wildman–Crippen MR) is 98.2 cm³/mol. The second-order valence-corrected chi connectivity index (χ2v) is 11.5. The summed E-state index contributed by atoms with van der Waals surface area (Å²) in [6.45, 7) is 0. The van der Waals surface area contributed by atoms with Crippen LogP contribution >= 0.6 is 45.2 Å². The Balaban J connectivity index is 1.85. The van der Waals surface area contributed by atoms with Crippen molar-refractivity contribution in [3.63, 3.8) is 0 Å². The van der Waals surface area contributed by atoms with E-state index in [4.69, 9.17) is 0 Å². The van der Waals surface area contributed by atoms with Crippen LogP contribution in [0.1, 0.15) is 64.2 Å². The fourth-order valence-electron chi connectivity index (χ4n) is 4.02. The molecule has 0 aromatic heterocycles. The molecule has 1 aliphatic heterocycles. The van der Waals surface area contributed by atoms with E-state index in [0.29, 0.717) is 0 Å². The molecule has 0 N–H and O–H groups in total. The maximum atomic E-state index is 12.6. The minimum atomic E-state index is -0.506. The molecule has 6 heteroatoms. The van der Waals surface area contributed by atoms with Crippen LogP contribution < -0.4 is 0 Å². The summed E-state index contributed by atoms with van der Waals surface area (Å²) in [7, 11) is 0. The van der Waals surface area contributed by atoms with Crippen LogP contribution in [-0.2, 0) is 9.59 Å². The van der Waals surface area contributed by atoms with Gasteiger partial charge >= 0.3 is 11.8 Å². The molecule has 0 radical (unpaired) electrons. The fourth-order valence-corrected chi connectivity index (χ4v) is 6.47. The van der Waals surface area contributed by atoms with E-state index in [-0.39, 0.29) is 23.9 Å². The molecule has 4 nitrogen and oxygen atoms in total. The van der Waals surface area contributed by atoms with Gasteiger partial charge in [-0.25, -0.2) is 0 Å². The van der Waals surface area contributed by atoms with E-state index in [9.17, 15) is 9.59 Å². The normalized spacial score (nSPS) is 28.5. The molecule has 0 aromatic rings. The molecule has 3 rings (SSSR count). The molecule has 1 saturated heterocycles. The Labute approximate surface area is 153 Å². The number of carbonyl (C=O) groups excluding carboxylic acids is 2. The van der Waals surface area contributed by atoms with Gasteiger partial charge in [0.15, 0.2) is 0 Å². The fraction of sp³-hybridized carbons (Fsp3) is 0.867. The van der Waals surface area contributed by atoms with Crippen molar-refractivity contribution in [2.45, 2.75) is 78.0 Å². The van der Waals surface area contributed by atoms with Crippen LogP contribution in [0.4, 0.5) is 0 Å². The second-order valence-electron chi connectivity index (χ2n) is 6.44. The van der Waals surface area contributed by atoms with Gasteiger partial charge in [-0.3, -0.25) is 19.4 Å². The van der Waals surface area contributed by atoms with Crippen LogP contribution in [-0.4, -0.2) is 35.4 Å². The third-order valence-corrected chi connectivity index (χ3v) is 7.16. The summed E-state index contributed by atoms with van der Waals surface area (Å²) < 4.78 is -0.506. The Morgan fingerprint density at radius 3 is 1.38 bits per heavy atom. The molecule has 3 aliphatic rings. The maximum Gasteiger partial charge on any atom is 0.315 e. The highest BCUT2D eigenvalue weighted by atomic mass is 127. The smallest absolute Gasteiger partial charge is 0.291 e. The van der Waals surface area contributed by atoms with Gasteiger partial charge in [0, 0.05) is 12.1 Å². The number of amides is 2. The van der Waals surface area contributed by atoms with E-state index in [1.165, 1.54) is 38.5 Å². The first kappa shape index (κ1) is 16.3. The Morgan fingerprint density at radius 2 is 1.05 bits per heavy atom. The third kappa shape index (κ3) is 2.95. The summed E-state index contributed by atoms with van der Waals surface area (Å²) in [4.78, 5) is 29.0. The van der Waals surface area contributed by atoms with Gasteiger partial charge in [-0.15, -0.1) is 0 Å². The van der Waals surface area contributed by atoms with Crippen molar-refractivity contribution in [1.82, 2.24) is 9.80 Å². The molecule has 0 aromatic carbocycles. The number of alkyl halides is 2. The standard InChI is InChI=1S/C15H22I2N2O2/c16-15(17)18(11-7-3-1-4-8-11)13(20)14(21)19(15)12-9-5-2-6-10-12/h11-12H,1-10H2. The first-order valence-electron chi connectivity index (χ1n) is 8.08. The number of carbonyl (C=O) groups is 2. The summed E-state index contributed by atoms with van der Waals surface area (Å²) in [5.74, 6) is -0.535. The number of halogens is 2. The average molecular weight is 516 g/mol. The molecule has 2 amide bonds. The molecule has 0 atom stereocenters. The Bertz CT molecular complexity index is 391.